The van der Waals surface area contributed by atoms with Crippen molar-refractivity contribution in [1.29, 1.82) is 0 Å². The molecule has 1 amide bonds. The molecule has 13 heteroatoms. The van der Waals surface area contributed by atoms with Crippen molar-refractivity contribution in [2.24, 2.45) is 10.3 Å². The van der Waals surface area contributed by atoms with Gasteiger partial charge in [0.2, 0.25) is 6.23 Å². The Kier molecular flexibility index (Phi) is 8.57. The molecule has 0 bridgehead atoms. The van der Waals surface area contributed by atoms with Gasteiger partial charge < -0.3 is 15.0 Å². The summed E-state index contributed by atoms with van der Waals surface area (Å²) in [7, 11) is 0. The number of alkyl halides is 3. The molecule has 1 unspecified atom stereocenters. The number of carbonyl (C=O) groups is 1. The average molecular weight is 613 g/mol. The highest BCUT2D eigenvalue weighted by Crippen LogP contribution is 2.44. The van der Waals surface area contributed by atoms with Gasteiger partial charge in [-0.1, -0.05) is 46.5 Å². The first-order chi connectivity index (χ1) is 16.8. The molecule has 6 nitrogen and oxygen atoms in total. The van der Waals surface area contributed by atoms with Crippen molar-refractivity contribution in [3.8, 4) is 0 Å². The number of aryl methyl sites for hydroxylation is 1. The van der Waals surface area contributed by atoms with Crippen molar-refractivity contribution >= 4 is 55.4 Å². The zero-order chi connectivity index (χ0) is 26.8. The minimum Gasteiger partial charge on any atom is -0.375 e. The van der Waals surface area contributed by atoms with Gasteiger partial charge in [-0.2, -0.15) is 13.2 Å². The molecule has 2 aromatic carbocycles. The molecule has 0 fully saturated rings. The van der Waals surface area contributed by atoms with E-state index in [9.17, 15) is 22.4 Å². The summed E-state index contributed by atoms with van der Waals surface area (Å²) < 4.78 is 56.6. The minimum atomic E-state index is -4.95. The summed E-state index contributed by atoms with van der Waals surface area (Å²) in [6, 6.07) is 6.28. The topological polar surface area (TPSA) is 72.3 Å². The molecule has 0 saturated heterocycles. The summed E-state index contributed by atoms with van der Waals surface area (Å²) in [5.74, 6) is -1.44. The number of oxime groups is 2. The number of rotatable bonds is 7. The van der Waals surface area contributed by atoms with Gasteiger partial charge in [-0.15, -0.1) is 0 Å². The van der Waals surface area contributed by atoms with E-state index in [-0.39, 0.29) is 12.1 Å². The summed E-state index contributed by atoms with van der Waals surface area (Å²) in [6.07, 6.45) is -4.96. The Bertz CT molecular complexity index is 1220. The predicted molar refractivity (Wildman–Crippen MR) is 132 cm³/mol. The van der Waals surface area contributed by atoms with Crippen LogP contribution in [0.2, 0.25) is 10.0 Å². The third-order valence-electron chi connectivity index (χ3n) is 5.48. The van der Waals surface area contributed by atoms with Crippen LogP contribution in [0.3, 0.4) is 0 Å². The number of nitrogens with one attached hydrogen (secondary N) is 1. The highest BCUT2D eigenvalue weighted by molar-refractivity contribution is 9.18. The van der Waals surface area contributed by atoms with Crippen LogP contribution in [0.15, 0.2) is 40.6 Å². The van der Waals surface area contributed by atoms with Crippen LogP contribution in [0.5, 0.6) is 0 Å². The molecule has 0 saturated carbocycles. The Morgan fingerprint density at radius 3 is 2.42 bits per heavy atom. The highest BCUT2D eigenvalue weighted by atomic mass is 79.9. The SMILES string of the molecule is CC/C(=N\OC(C)(c1cc(Cl)c(F)c(Cl)c1)C(F)(F)F)c1ccc(C(=O)N[C@@H]2CC(Br)=NO2)c(C)c1. The Morgan fingerprint density at radius 2 is 1.92 bits per heavy atom. The van der Waals surface area contributed by atoms with Crippen LogP contribution < -0.4 is 5.32 Å². The second-order valence-electron chi connectivity index (χ2n) is 8.04. The van der Waals surface area contributed by atoms with Crippen molar-refractivity contribution in [3.63, 3.8) is 0 Å². The number of carbonyl (C=O) groups excluding carboxylic acids is 1. The molecule has 1 aliphatic heterocycles. The largest absolute Gasteiger partial charge is 0.435 e. The van der Waals surface area contributed by atoms with E-state index in [4.69, 9.17) is 32.9 Å². The lowest BCUT2D eigenvalue weighted by atomic mass is 9.95. The van der Waals surface area contributed by atoms with Crippen molar-refractivity contribution in [2.75, 3.05) is 0 Å². The van der Waals surface area contributed by atoms with E-state index in [1.807, 2.05) is 0 Å². The van der Waals surface area contributed by atoms with Crippen LogP contribution in [0, 0.1) is 12.7 Å². The number of hydrogen-bond donors (Lipinski definition) is 1. The first-order valence-corrected chi connectivity index (χ1v) is 12.1. The van der Waals surface area contributed by atoms with Crippen molar-refractivity contribution < 1.29 is 32.0 Å². The maximum atomic E-state index is 14.1. The van der Waals surface area contributed by atoms with Crippen molar-refractivity contribution in [2.45, 2.75) is 51.6 Å². The molecule has 3 rings (SSSR count). The van der Waals surface area contributed by atoms with Crippen molar-refractivity contribution in [3.05, 3.63) is 68.4 Å². The molecular formula is C23H20BrCl2F4N3O3. The average Bonchev–Trinajstić information content (AvgIpc) is 3.20. The molecule has 36 heavy (non-hydrogen) atoms. The van der Waals surface area contributed by atoms with Gasteiger partial charge in [-0.05, 0) is 71.6 Å². The van der Waals surface area contributed by atoms with E-state index in [1.54, 1.807) is 26.0 Å². The minimum absolute atomic E-state index is 0.191. The first-order valence-electron chi connectivity index (χ1n) is 10.5. The van der Waals surface area contributed by atoms with Gasteiger partial charge in [0, 0.05) is 11.1 Å². The molecule has 2 atom stereocenters. The summed E-state index contributed by atoms with van der Waals surface area (Å²) in [5.41, 5.74) is -1.94. The van der Waals surface area contributed by atoms with E-state index >= 15 is 0 Å². The lowest BCUT2D eigenvalue weighted by molar-refractivity contribution is -0.278. The van der Waals surface area contributed by atoms with Gasteiger partial charge >= 0.3 is 6.18 Å². The molecule has 0 aliphatic carbocycles. The molecule has 194 valence electrons. The van der Waals surface area contributed by atoms with E-state index < -0.39 is 45.3 Å². The molecule has 0 radical (unpaired) electrons. The van der Waals surface area contributed by atoms with Gasteiger partial charge in [-0.25, -0.2) is 4.39 Å². The monoisotopic (exact) mass is 611 g/mol. The maximum absolute atomic E-state index is 14.1. The maximum Gasteiger partial charge on any atom is 0.435 e. The fourth-order valence-electron chi connectivity index (χ4n) is 3.31. The van der Waals surface area contributed by atoms with E-state index in [0.717, 1.165) is 19.1 Å². The second-order valence-corrected chi connectivity index (χ2v) is 9.77. The highest BCUT2D eigenvalue weighted by Gasteiger charge is 2.56. The third kappa shape index (κ3) is 5.95. The number of hydrogen-bond acceptors (Lipinski definition) is 5. The number of benzene rings is 2. The van der Waals surface area contributed by atoms with Crippen LogP contribution in [-0.2, 0) is 15.3 Å². The standard InChI is InChI=1S/C23H20BrCl2F4N3O3/c1-4-17(12-5-6-14(11(2)7-12)21(34)31-19-10-18(24)33-35-19)32-36-22(3,23(28,29)30)13-8-15(25)20(27)16(26)9-13/h5-9,19H,4,10H2,1-3H3,(H,31,34)/b32-17+/t19-,22?/m0/s1. The smallest absolute Gasteiger partial charge is 0.375 e. The summed E-state index contributed by atoms with van der Waals surface area (Å²) in [5, 5.41) is 9.02. The van der Waals surface area contributed by atoms with Gasteiger partial charge in [0.15, 0.2) is 5.82 Å². The molecule has 0 spiro atoms. The lowest BCUT2D eigenvalue weighted by Crippen LogP contribution is -2.41. The summed E-state index contributed by atoms with van der Waals surface area (Å²) in [6.45, 7) is 4.11. The zero-order valence-electron chi connectivity index (χ0n) is 19.1. The number of amides is 1. The van der Waals surface area contributed by atoms with Gasteiger partial charge in [0.25, 0.3) is 11.5 Å². The Morgan fingerprint density at radius 1 is 1.28 bits per heavy atom. The fraction of sp³-hybridized carbons (Fsp3) is 0.348. The molecule has 1 N–H and O–H groups in total. The van der Waals surface area contributed by atoms with Crippen LogP contribution in [-0.4, -0.2) is 28.6 Å². The van der Waals surface area contributed by atoms with E-state index in [1.165, 1.54) is 6.07 Å². The first kappa shape index (κ1) is 28.2. The normalized spacial score (nSPS) is 17.8. The quantitative estimate of drug-likeness (QED) is 0.155. The second kappa shape index (κ2) is 10.9. The summed E-state index contributed by atoms with van der Waals surface area (Å²) in [4.78, 5) is 22.7. The predicted octanol–water partition coefficient (Wildman–Crippen LogP) is 7.23. The van der Waals surface area contributed by atoms with Gasteiger partial charge in [0.1, 0.15) is 4.62 Å². The van der Waals surface area contributed by atoms with Crippen LogP contribution in [0.1, 0.15) is 53.7 Å². The Labute approximate surface area is 222 Å². The van der Waals surface area contributed by atoms with Gasteiger partial charge in [0.05, 0.1) is 22.2 Å². The fourth-order valence-corrected chi connectivity index (χ4v) is 4.18. The van der Waals surface area contributed by atoms with Crippen LogP contribution >= 0.6 is 39.1 Å². The Hall–Kier alpha value is -2.37. The molecule has 1 aliphatic rings. The lowest BCUT2D eigenvalue weighted by Gasteiger charge is -2.30. The van der Waals surface area contributed by atoms with Crippen LogP contribution in [0.25, 0.3) is 0 Å². The van der Waals surface area contributed by atoms with Crippen molar-refractivity contribution in [1.82, 2.24) is 5.32 Å². The molecule has 0 aromatic heterocycles. The number of halogens is 7. The van der Waals surface area contributed by atoms with Gasteiger partial charge in [-0.3, -0.25) is 4.79 Å². The molecule has 1 heterocycles. The van der Waals surface area contributed by atoms with Crippen LogP contribution in [0.4, 0.5) is 17.6 Å². The van der Waals surface area contributed by atoms with E-state index in [2.05, 4.69) is 31.6 Å². The summed E-state index contributed by atoms with van der Waals surface area (Å²) >= 11 is 14.6. The molecule has 2 aromatic rings. The van der Waals surface area contributed by atoms with E-state index in [0.29, 0.717) is 27.7 Å². The molecular weight excluding hydrogens is 593 g/mol. The Balaban J connectivity index is 1.88. The third-order valence-corrected chi connectivity index (χ3v) is 6.50. The zero-order valence-corrected chi connectivity index (χ0v) is 22.2. The number of nitrogens with zero attached hydrogens (tertiary/aromatic N) is 2.